The SMILES string of the molecule is CCc1nc(C(Cc2ccc(N)cc2)NC(=O)c2ccccc2C(C)NC(=O)OC)cs1. The van der Waals surface area contributed by atoms with E-state index in [1.165, 1.54) is 7.11 Å². The first-order valence-electron chi connectivity index (χ1n) is 10.4. The second-order valence-electron chi connectivity index (χ2n) is 7.44. The number of aromatic nitrogens is 1. The first-order valence-corrected chi connectivity index (χ1v) is 11.3. The number of hydrogen-bond donors (Lipinski definition) is 3. The first-order chi connectivity index (χ1) is 15.4. The minimum absolute atomic E-state index is 0.231. The molecule has 4 N–H and O–H groups in total. The number of amides is 2. The van der Waals surface area contributed by atoms with Crippen LogP contribution in [0.1, 0.15) is 58.1 Å². The van der Waals surface area contributed by atoms with Crippen LogP contribution in [0.15, 0.2) is 53.9 Å². The normalized spacial score (nSPS) is 12.6. The standard InChI is InChI=1S/C24H28N4O3S/c1-4-22-27-21(14-32-22)20(13-16-9-11-17(25)12-10-16)28-23(29)19-8-6-5-7-18(19)15(2)26-24(30)31-3/h5-12,14-15,20H,4,13,25H2,1-3H3,(H,26,30)(H,28,29). The Morgan fingerprint density at radius 2 is 1.84 bits per heavy atom. The summed E-state index contributed by atoms with van der Waals surface area (Å²) in [7, 11) is 1.31. The van der Waals surface area contributed by atoms with E-state index in [1.54, 1.807) is 23.5 Å². The fraction of sp³-hybridized carbons (Fsp3) is 0.292. The molecule has 168 valence electrons. The highest BCUT2D eigenvalue weighted by molar-refractivity contribution is 7.09. The number of hydrogen-bond acceptors (Lipinski definition) is 6. The number of benzene rings is 2. The summed E-state index contributed by atoms with van der Waals surface area (Å²) >= 11 is 1.59. The molecule has 0 saturated carbocycles. The van der Waals surface area contributed by atoms with E-state index in [-0.39, 0.29) is 11.9 Å². The van der Waals surface area contributed by atoms with Gasteiger partial charge < -0.3 is 21.1 Å². The van der Waals surface area contributed by atoms with Gasteiger partial charge in [0.1, 0.15) is 0 Å². The Hall–Kier alpha value is -3.39. The summed E-state index contributed by atoms with van der Waals surface area (Å²) in [6.07, 6.45) is 0.868. The molecule has 0 saturated heterocycles. The van der Waals surface area contributed by atoms with E-state index in [2.05, 4.69) is 22.3 Å². The van der Waals surface area contributed by atoms with Gasteiger partial charge in [-0.1, -0.05) is 37.3 Å². The highest BCUT2D eigenvalue weighted by Gasteiger charge is 2.22. The van der Waals surface area contributed by atoms with Crippen LogP contribution < -0.4 is 16.4 Å². The number of anilines is 1. The number of carbonyl (C=O) groups excluding carboxylic acids is 2. The van der Waals surface area contributed by atoms with Crippen LogP contribution >= 0.6 is 11.3 Å². The molecule has 2 unspecified atom stereocenters. The zero-order chi connectivity index (χ0) is 23.1. The fourth-order valence-electron chi connectivity index (χ4n) is 3.40. The van der Waals surface area contributed by atoms with Crippen LogP contribution in [0.5, 0.6) is 0 Å². The van der Waals surface area contributed by atoms with Crippen LogP contribution in [0, 0.1) is 0 Å². The number of methoxy groups -OCH3 is 1. The predicted octanol–water partition coefficient (Wildman–Crippen LogP) is 4.42. The third kappa shape index (κ3) is 5.85. The van der Waals surface area contributed by atoms with Gasteiger partial charge in [-0.3, -0.25) is 4.79 Å². The third-order valence-corrected chi connectivity index (χ3v) is 6.16. The summed E-state index contributed by atoms with van der Waals surface area (Å²) in [5, 5.41) is 8.88. The number of aryl methyl sites for hydroxylation is 1. The quantitative estimate of drug-likeness (QED) is 0.439. The molecule has 1 heterocycles. The molecule has 2 atom stereocenters. The van der Waals surface area contributed by atoms with Crippen molar-refractivity contribution in [2.75, 3.05) is 12.8 Å². The molecule has 32 heavy (non-hydrogen) atoms. The lowest BCUT2D eigenvalue weighted by atomic mass is 9.99. The zero-order valence-corrected chi connectivity index (χ0v) is 19.2. The second-order valence-corrected chi connectivity index (χ2v) is 8.38. The van der Waals surface area contributed by atoms with Crippen molar-refractivity contribution in [2.45, 2.75) is 38.8 Å². The molecular weight excluding hydrogens is 424 g/mol. The maximum Gasteiger partial charge on any atom is 0.407 e. The Morgan fingerprint density at radius 3 is 2.50 bits per heavy atom. The molecule has 2 amide bonds. The van der Waals surface area contributed by atoms with Crippen LogP contribution in [0.2, 0.25) is 0 Å². The topological polar surface area (TPSA) is 106 Å². The molecule has 8 heteroatoms. The van der Waals surface area contributed by atoms with Crippen LogP contribution in [0.3, 0.4) is 0 Å². The summed E-state index contributed by atoms with van der Waals surface area (Å²) < 4.78 is 4.69. The van der Waals surface area contributed by atoms with Gasteiger partial charge >= 0.3 is 6.09 Å². The summed E-state index contributed by atoms with van der Waals surface area (Å²) in [5.74, 6) is -0.231. The van der Waals surface area contributed by atoms with Crippen molar-refractivity contribution in [2.24, 2.45) is 0 Å². The molecule has 0 aliphatic rings. The number of nitrogens with two attached hydrogens (primary N) is 1. The van der Waals surface area contributed by atoms with Crippen molar-refractivity contribution in [1.82, 2.24) is 15.6 Å². The molecular formula is C24H28N4O3S. The number of ether oxygens (including phenoxy) is 1. The Balaban J connectivity index is 1.86. The van der Waals surface area contributed by atoms with Gasteiger partial charge in [-0.2, -0.15) is 0 Å². The minimum atomic E-state index is -0.552. The summed E-state index contributed by atoms with van der Waals surface area (Å²) in [5.41, 5.74) is 9.58. The van der Waals surface area contributed by atoms with Crippen LogP contribution in [-0.2, 0) is 17.6 Å². The van der Waals surface area contributed by atoms with Crippen molar-refractivity contribution >= 4 is 29.0 Å². The van der Waals surface area contributed by atoms with Gasteiger partial charge in [0.25, 0.3) is 5.91 Å². The van der Waals surface area contributed by atoms with E-state index in [0.717, 1.165) is 22.7 Å². The summed E-state index contributed by atoms with van der Waals surface area (Å²) in [6.45, 7) is 3.87. The Morgan fingerprint density at radius 1 is 1.12 bits per heavy atom. The first kappa shape index (κ1) is 23.3. The van der Waals surface area contributed by atoms with Gasteiger partial charge in [-0.05, 0) is 49.1 Å². The maximum atomic E-state index is 13.3. The zero-order valence-electron chi connectivity index (χ0n) is 18.4. The van der Waals surface area contributed by atoms with Gasteiger partial charge in [0.2, 0.25) is 0 Å². The smallest absolute Gasteiger partial charge is 0.407 e. The van der Waals surface area contributed by atoms with E-state index in [9.17, 15) is 9.59 Å². The van der Waals surface area contributed by atoms with Crippen molar-refractivity contribution in [1.29, 1.82) is 0 Å². The monoisotopic (exact) mass is 452 g/mol. The van der Waals surface area contributed by atoms with E-state index in [0.29, 0.717) is 23.2 Å². The average molecular weight is 453 g/mol. The summed E-state index contributed by atoms with van der Waals surface area (Å²) in [4.78, 5) is 29.7. The second kappa shape index (κ2) is 10.8. The van der Waals surface area contributed by atoms with Gasteiger partial charge in [0.15, 0.2) is 0 Å². The lowest BCUT2D eigenvalue weighted by Gasteiger charge is -2.21. The number of thiazole rings is 1. The minimum Gasteiger partial charge on any atom is -0.453 e. The number of nitrogens with zero attached hydrogens (tertiary/aromatic N) is 1. The number of alkyl carbamates (subject to hydrolysis) is 1. The molecule has 0 bridgehead atoms. The predicted molar refractivity (Wildman–Crippen MR) is 127 cm³/mol. The molecule has 0 spiro atoms. The average Bonchev–Trinajstić information content (AvgIpc) is 3.29. The number of nitrogens with one attached hydrogen (secondary N) is 2. The van der Waals surface area contributed by atoms with E-state index < -0.39 is 12.1 Å². The molecule has 3 rings (SSSR count). The van der Waals surface area contributed by atoms with Crippen molar-refractivity contribution < 1.29 is 14.3 Å². The van der Waals surface area contributed by atoms with Crippen molar-refractivity contribution in [3.8, 4) is 0 Å². The molecule has 1 aromatic heterocycles. The molecule has 0 aliphatic carbocycles. The van der Waals surface area contributed by atoms with Gasteiger partial charge in [0, 0.05) is 16.6 Å². The molecule has 0 aliphatic heterocycles. The van der Waals surface area contributed by atoms with Crippen molar-refractivity contribution in [3.63, 3.8) is 0 Å². The summed E-state index contributed by atoms with van der Waals surface area (Å²) in [6, 6.07) is 14.1. The molecule has 0 fully saturated rings. The Labute approximate surface area is 192 Å². The van der Waals surface area contributed by atoms with Gasteiger partial charge in [0.05, 0.1) is 29.9 Å². The lowest BCUT2D eigenvalue weighted by molar-refractivity contribution is 0.0933. The van der Waals surface area contributed by atoms with Crippen LogP contribution in [-0.4, -0.2) is 24.1 Å². The molecule has 0 radical (unpaired) electrons. The maximum absolute atomic E-state index is 13.3. The third-order valence-electron chi connectivity index (χ3n) is 5.15. The molecule has 2 aromatic carbocycles. The van der Waals surface area contributed by atoms with Gasteiger partial charge in [-0.25, -0.2) is 9.78 Å². The van der Waals surface area contributed by atoms with Crippen LogP contribution in [0.25, 0.3) is 0 Å². The largest absolute Gasteiger partial charge is 0.453 e. The Bertz CT molecular complexity index is 1070. The number of rotatable bonds is 8. The highest BCUT2D eigenvalue weighted by atomic mass is 32.1. The van der Waals surface area contributed by atoms with Gasteiger partial charge in [-0.15, -0.1) is 11.3 Å². The molecule has 7 nitrogen and oxygen atoms in total. The highest BCUT2D eigenvalue weighted by Crippen LogP contribution is 2.24. The van der Waals surface area contributed by atoms with Crippen molar-refractivity contribution in [3.05, 3.63) is 81.3 Å². The lowest BCUT2D eigenvalue weighted by Crippen LogP contribution is -2.33. The van der Waals surface area contributed by atoms with E-state index in [4.69, 9.17) is 10.7 Å². The van der Waals surface area contributed by atoms with E-state index >= 15 is 0 Å². The number of carbonyl (C=O) groups is 2. The number of nitrogen functional groups attached to an aromatic ring is 1. The fourth-order valence-corrected chi connectivity index (χ4v) is 4.20. The molecule has 3 aromatic rings. The van der Waals surface area contributed by atoms with E-state index in [1.807, 2.05) is 48.7 Å². The Kier molecular flexibility index (Phi) is 7.83. The van der Waals surface area contributed by atoms with Crippen LogP contribution in [0.4, 0.5) is 10.5 Å².